The number of azo groups is 1. The second-order valence-electron chi connectivity index (χ2n) is 7.83. The van der Waals surface area contributed by atoms with Crippen LogP contribution in [0, 0.1) is 0 Å². The second-order valence-corrected chi connectivity index (χ2v) is 8.24. The van der Waals surface area contributed by atoms with E-state index in [0.717, 1.165) is 12.1 Å². The summed E-state index contributed by atoms with van der Waals surface area (Å²) in [5, 5.41) is 18.1. The highest BCUT2D eigenvalue weighted by Gasteiger charge is 2.33. The molecule has 0 radical (unpaired) electrons. The number of alkyl halides is 3. The molecular formula is C23H20ClF3N8O3. The highest BCUT2D eigenvalue weighted by atomic mass is 35.5. The quantitative estimate of drug-likeness (QED) is 0.277. The minimum atomic E-state index is -4.66. The number of rotatable bonds is 7. The van der Waals surface area contributed by atoms with Gasteiger partial charge in [-0.3, -0.25) is 5.32 Å². The molecule has 0 saturated heterocycles. The standard InChI is InChI=1S/C23H20ClF3N8O3/c1-28-8-9-38-22(37)33-20-19-18(29-11-30-20)17(34-35-19)12-2-4-13(5-3-12)31-21(36)32-14-6-7-16(24)15(10-14)23(25,26)27/h2-7,10-11,17,28H,8-9H2,1H3,(H2,31,32,36)(H,29,30,33,37). The van der Waals surface area contributed by atoms with Gasteiger partial charge in [0.2, 0.25) is 0 Å². The molecule has 0 saturated carbocycles. The Balaban J connectivity index is 1.40. The molecule has 1 unspecified atom stereocenters. The van der Waals surface area contributed by atoms with Crippen LogP contribution in [0.2, 0.25) is 5.02 Å². The van der Waals surface area contributed by atoms with E-state index in [-0.39, 0.29) is 18.1 Å². The molecule has 4 N–H and O–H groups in total. The molecule has 0 aliphatic carbocycles. The van der Waals surface area contributed by atoms with Crippen molar-refractivity contribution in [3.05, 3.63) is 70.6 Å². The van der Waals surface area contributed by atoms with Crippen molar-refractivity contribution < 1.29 is 27.5 Å². The number of nitrogens with zero attached hydrogens (tertiary/aromatic N) is 4. The SMILES string of the molecule is CNCCOC(=O)Nc1ncnc2c1N=NC2c1ccc(NC(=O)Nc2ccc(Cl)c(C(F)(F)F)c2)cc1. The Morgan fingerprint density at radius 1 is 1.03 bits per heavy atom. The minimum Gasteiger partial charge on any atom is -0.448 e. The van der Waals surface area contributed by atoms with Crippen LogP contribution in [-0.2, 0) is 10.9 Å². The van der Waals surface area contributed by atoms with Crippen LogP contribution in [0.5, 0.6) is 0 Å². The number of hydrogen-bond donors (Lipinski definition) is 4. The summed E-state index contributed by atoms with van der Waals surface area (Å²) in [6, 6.07) is 8.28. The molecule has 38 heavy (non-hydrogen) atoms. The maximum Gasteiger partial charge on any atom is 0.417 e. The molecule has 2 heterocycles. The number of aromatic nitrogens is 2. The van der Waals surface area contributed by atoms with Gasteiger partial charge in [0.15, 0.2) is 11.5 Å². The Kier molecular flexibility index (Phi) is 8.02. The maximum atomic E-state index is 13.0. The predicted molar refractivity (Wildman–Crippen MR) is 133 cm³/mol. The maximum absolute atomic E-state index is 13.0. The lowest BCUT2D eigenvalue weighted by molar-refractivity contribution is -0.137. The van der Waals surface area contributed by atoms with Crippen LogP contribution < -0.4 is 21.3 Å². The molecule has 1 atom stereocenters. The summed E-state index contributed by atoms with van der Waals surface area (Å²) in [5.41, 5.74) is 0.694. The third kappa shape index (κ3) is 6.33. The van der Waals surface area contributed by atoms with Gasteiger partial charge in [0.25, 0.3) is 0 Å². The van der Waals surface area contributed by atoms with E-state index in [1.807, 2.05) is 0 Å². The summed E-state index contributed by atoms with van der Waals surface area (Å²) in [6.45, 7) is 0.663. The number of carbonyl (C=O) groups is 2. The fraction of sp³-hybridized carbons (Fsp3) is 0.217. The first kappa shape index (κ1) is 26.8. The Labute approximate surface area is 218 Å². The van der Waals surface area contributed by atoms with Crippen LogP contribution in [0.4, 0.5) is 45.6 Å². The molecule has 1 aromatic heterocycles. The number of carbonyl (C=O) groups excluding carboxylic acids is 2. The van der Waals surface area contributed by atoms with Crippen LogP contribution in [0.3, 0.4) is 0 Å². The molecule has 11 nitrogen and oxygen atoms in total. The third-order valence-corrected chi connectivity index (χ3v) is 5.53. The smallest absolute Gasteiger partial charge is 0.417 e. The number of halogens is 4. The van der Waals surface area contributed by atoms with E-state index in [9.17, 15) is 22.8 Å². The van der Waals surface area contributed by atoms with E-state index in [4.69, 9.17) is 16.3 Å². The first-order valence-corrected chi connectivity index (χ1v) is 11.4. The van der Waals surface area contributed by atoms with Gasteiger partial charge in [-0.2, -0.15) is 18.3 Å². The molecule has 1 aliphatic rings. The number of ether oxygens (including phenoxy) is 1. The van der Waals surface area contributed by atoms with Crippen LogP contribution in [0.15, 0.2) is 59.0 Å². The zero-order chi connectivity index (χ0) is 27.3. The molecule has 3 amide bonds. The van der Waals surface area contributed by atoms with Crippen LogP contribution in [-0.4, -0.2) is 42.3 Å². The molecule has 2 aromatic carbocycles. The predicted octanol–water partition coefficient (Wildman–Crippen LogP) is 5.75. The van der Waals surface area contributed by atoms with E-state index in [1.54, 1.807) is 31.3 Å². The van der Waals surface area contributed by atoms with Crippen molar-refractivity contribution in [2.75, 3.05) is 36.1 Å². The number of urea groups is 1. The van der Waals surface area contributed by atoms with Crippen molar-refractivity contribution >= 4 is 46.6 Å². The number of amides is 3. The number of nitrogens with one attached hydrogen (secondary N) is 4. The van der Waals surface area contributed by atoms with Gasteiger partial charge in [0.05, 0.1) is 10.6 Å². The average Bonchev–Trinajstić information content (AvgIpc) is 3.30. The Morgan fingerprint density at radius 3 is 2.45 bits per heavy atom. The molecule has 0 bridgehead atoms. The minimum absolute atomic E-state index is 0.0752. The molecule has 0 spiro atoms. The van der Waals surface area contributed by atoms with Crippen molar-refractivity contribution in [2.24, 2.45) is 10.2 Å². The van der Waals surface area contributed by atoms with Gasteiger partial charge in [-0.05, 0) is 42.9 Å². The largest absolute Gasteiger partial charge is 0.448 e. The fourth-order valence-corrected chi connectivity index (χ4v) is 3.64. The van der Waals surface area contributed by atoms with Gasteiger partial charge in [0.1, 0.15) is 24.7 Å². The van der Waals surface area contributed by atoms with Gasteiger partial charge in [-0.15, -0.1) is 5.11 Å². The van der Waals surface area contributed by atoms with Crippen molar-refractivity contribution in [2.45, 2.75) is 12.2 Å². The molecule has 3 aromatic rings. The average molecular weight is 549 g/mol. The second kappa shape index (κ2) is 11.4. The highest BCUT2D eigenvalue weighted by molar-refractivity contribution is 6.31. The van der Waals surface area contributed by atoms with Gasteiger partial charge in [0, 0.05) is 17.9 Å². The molecular weight excluding hydrogens is 529 g/mol. The fourth-order valence-electron chi connectivity index (χ4n) is 3.42. The number of likely N-dealkylation sites (N-methyl/N-ethyl adjacent to an activating group) is 1. The lowest BCUT2D eigenvalue weighted by Crippen LogP contribution is -2.21. The molecule has 4 rings (SSSR count). The summed E-state index contributed by atoms with van der Waals surface area (Å²) in [5.74, 6) is 0.154. The number of hydrogen-bond acceptors (Lipinski definition) is 8. The van der Waals surface area contributed by atoms with Crippen molar-refractivity contribution in [3.8, 4) is 0 Å². The monoisotopic (exact) mass is 548 g/mol. The molecule has 1 aliphatic heterocycles. The zero-order valence-corrected chi connectivity index (χ0v) is 20.4. The first-order valence-electron chi connectivity index (χ1n) is 11.0. The van der Waals surface area contributed by atoms with Gasteiger partial charge in [-0.1, -0.05) is 23.7 Å². The van der Waals surface area contributed by atoms with Crippen LogP contribution in [0.1, 0.15) is 22.9 Å². The molecule has 198 valence electrons. The van der Waals surface area contributed by atoms with Crippen LogP contribution >= 0.6 is 11.6 Å². The first-order chi connectivity index (χ1) is 18.2. The summed E-state index contributed by atoms with van der Waals surface area (Å²) >= 11 is 5.60. The topological polar surface area (TPSA) is 142 Å². The number of anilines is 3. The van der Waals surface area contributed by atoms with E-state index < -0.39 is 34.9 Å². The zero-order valence-electron chi connectivity index (χ0n) is 19.6. The number of benzene rings is 2. The summed E-state index contributed by atoms with van der Waals surface area (Å²) in [7, 11) is 1.73. The van der Waals surface area contributed by atoms with E-state index in [1.165, 1.54) is 12.4 Å². The Morgan fingerprint density at radius 2 is 1.74 bits per heavy atom. The van der Waals surface area contributed by atoms with Crippen LogP contribution in [0.25, 0.3) is 0 Å². The van der Waals surface area contributed by atoms with Crippen molar-refractivity contribution in [1.82, 2.24) is 15.3 Å². The summed E-state index contributed by atoms with van der Waals surface area (Å²) < 4.78 is 44.2. The van der Waals surface area contributed by atoms with Gasteiger partial charge >= 0.3 is 18.3 Å². The summed E-state index contributed by atoms with van der Waals surface area (Å²) in [6.07, 6.45) is -4.08. The van der Waals surface area contributed by atoms with Crippen molar-refractivity contribution in [1.29, 1.82) is 0 Å². The van der Waals surface area contributed by atoms with Gasteiger partial charge < -0.3 is 20.7 Å². The lowest BCUT2D eigenvalue weighted by atomic mass is 10.0. The van der Waals surface area contributed by atoms with E-state index in [2.05, 4.69) is 41.5 Å². The summed E-state index contributed by atoms with van der Waals surface area (Å²) in [4.78, 5) is 32.5. The highest BCUT2D eigenvalue weighted by Crippen LogP contribution is 2.42. The van der Waals surface area contributed by atoms with Gasteiger partial charge in [-0.25, -0.2) is 19.6 Å². The third-order valence-electron chi connectivity index (χ3n) is 5.20. The Bertz CT molecular complexity index is 1370. The normalized spacial score (nSPS) is 14.1. The lowest BCUT2D eigenvalue weighted by Gasteiger charge is -2.13. The molecule has 0 fully saturated rings. The van der Waals surface area contributed by atoms with Crippen molar-refractivity contribution in [3.63, 3.8) is 0 Å². The van der Waals surface area contributed by atoms with E-state index >= 15 is 0 Å². The number of fused-ring (bicyclic) bond motifs is 1. The molecule has 15 heteroatoms. The Hall–Kier alpha value is -4.30. The van der Waals surface area contributed by atoms with E-state index in [0.29, 0.717) is 29.2 Å².